The number of hydrogen-bond acceptors (Lipinski definition) is 1. The number of aryl methyl sites for hydroxylation is 1. The van der Waals surface area contributed by atoms with Gasteiger partial charge in [-0.2, -0.15) is 11.8 Å². The van der Waals surface area contributed by atoms with Crippen LogP contribution in [0.3, 0.4) is 0 Å². The topological polar surface area (TPSA) is 0 Å². The molecule has 1 atom stereocenters. The van der Waals surface area contributed by atoms with Crippen LogP contribution in [0.4, 0.5) is 0 Å². The minimum atomic E-state index is 0.0222. The summed E-state index contributed by atoms with van der Waals surface area (Å²) in [5.41, 5.74) is 5.69. The molecular formula is C26H30S. The van der Waals surface area contributed by atoms with Gasteiger partial charge in [-0.25, -0.2) is 0 Å². The predicted molar refractivity (Wildman–Crippen MR) is 121 cm³/mol. The molecule has 0 heterocycles. The second-order valence-corrected chi connectivity index (χ2v) is 9.09. The van der Waals surface area contributed by atoms with Gasteiger partial charge in [-0.15, -0.1) is 0 Å². The molecule has 0 aliphatic heterocycles. The fourth-order valence-electron chi connectivity index (χ4n) is 3.74. The van der Waals surface area contributed by atoms with Gasteiger partial charge in [-0.3, -0.25) is 0 Å². The molecule has 0 fully saturated rings. The lowest BCUT2D eigenvalue weighted by atomic mass is 9.61. The Bertz CT molecular complexity index is 852. The average molecular weight is 375 g/mol. The summed E-state index contributed by atoms with van der Waals surface area (Å²) in [4.78, 5) is 0. The smallest absolute Gasteiger partial charge is 0.0187 e. The lowest BCUT2D eigenvalue weighted by molar-refractivity contribution is 0.309. The van der Waals surface area contributed by atoms with Crippen molar-refractivity contribution in [3.8, 4) is 0 Å². The maximum atomic E-state index is 2.43. The third-order valence-electron chi connectivity index (χ3n) is 6.20. The third-order valence-corrected chi connectivity index (χ3v) is 7.49. The fraction of sp³-hybridized carbons (Fsp3) is 0.308. The predicted octanol–water partition coefficient (Wildman–Crippen LogP) is 7.16. The van der Waals surface area contributed by atoms with E-state index < -0.39 is 0 Å². The first kappa shape index (κ1) is 19.8. The van der Waals surface area contributed by atoms with Crippen LogP contribution in [0.1, 0.15) is 43.0 Å². The SMILES string of the molecule is Cc1ccccc1CSCC(C)(c1ccccc1)C(C)(C)c1ccccc1. The Labute approximate surface area is 169 Å². The van der Waals surface area contributed by atoms with E-state index in [1.807, 2.05) is 11.8 Å². The van der Waals surface area contributed by atoms with E-state index in [0.29, 0.717) is 0 Å². The first-order valence-corrected chi connectivity index (χ1v) is 10.8. The van der Waals surface area contributed by atoms with Crippen LogP contribution < -0.4 is 0 Å². The Morgan fingerprint density at radius 2 is 1.19 bits per heavy atom. The zero-order chi connectivity index (χ0) is 19.3. The molecule has 0 amide bonds. The van der Waals surface area contributed by atoms with Crippen LogP contribution in [0.15, 0.2) is 84.9 Å². The molecule has 27 heavy (non-hydrogen) atoms. The van der Waals surface area contributed by atoms with Gasteiger partial charge in [-0.05, 0) is 34.6 Å². The lowest BCUT2D eigenvalue weighted by Crippen LogP contribution is -2.45. The highest BCUT2D eigenvalue weighted by atomic mass is 32.2. The van der Waals surface area contributed by atoms with Gasteiger partial charge in [-0.1, -0.05) is 106 Å². The summed E-state index contributed by atoms with van der Waals surface area (Å²) in [6.07, 6.45) is 0. The molecule has 0 aliphatic carbocycles. The Hall–Kier alpha value is -1.99. The molecule has 3 aromatic carbocycles. The molecule has 0 spiro atoms. The van der Waals surface area contributed by atoms with E-state index in [4.69, 9.17) is 0 Å². The van der Waals surface area contributed by atoms with Gasteiger partial charge >= 0.3 is 0 Å². The van der Waals surface area contributed by atoms with Crippen LogP contribution in [0.25, 0.3) is 0 Å². The van der Waals surface area contributed by atoms with Crippen LogP contribution in [0.5, 0.6) is 0 Å². The van der Waals surface area contributed by atoms with E-state index >= 15 is 0 Å². The highest BCUT2D eigenvalue weighted by Gasteiger charge is 2.43. The van der Waals surface area contributed by atoms with Crippen molar-refractivity contribution in [2.45, 2.75) is 44.3 Å². The molecule has 0 N–H and O–H groups in total. The van der Waals surface area contributed by atoms with Gasteiger partial charge in [0.1, 0.15) is 0 Å². The third kappa shape index (κ3) is 4.14. The molecule has 3 aromatic rings. The van der Waals surface area contributed by atoms with Gasteiger partial charge in [0, 0.05) is 16.9 Å². The van der Waals surface area contributed by atoms with Crippen molar-refractivity contribution in [1.29, 1.82) is 0 Å². The summed E-state index contributed by atoms with van der Waals surface area (Å²) >= 11 is 2.04. The molecule has 0 aromatic heterocycles. The van der Waals surface area contributed by atoms with Gasteiger partial charge in [0.05, 0.1) is 0 Å². The molecular weight excluding hydrogens is 344 g/mol. The number of benzene rings is 3. The summed E-state index contributed by atoms with van der Waals surface area (Å²) in [7, 11) is 0. The van der Waals surface area contributed by atoms with Crippen molar-refractivity contribution in [3.05, 3.63) is 107 Å². The molecule has 1 unspecified atom stereocenters. The maximum Gasteiger partial charge on any atom is 0.0187 e. The monoisotopic (exact) mass is 374 g/mol. The molecule has 0 saturated carbocycles. The van der Waals surface area contributed by atoms with Gasteiger partial charge in [0.2, 0.25) is 0 Å². The zero-order valence-electron chi connectivity index (χ0n) is 16.9. The first-order chi connectivity index (χ1) is 12.9. The number of hydrogen-bond donors (Lipinski definition) is 0. The molecule has 0 bridgehead atoms. The van der Waals surface area contributed by atoms with Crippen molar-refractivity contribution in [2.24, 2.45) is 0 Å². The Kier molecular flexibility index (Phi) is 6.11. The first-order valence-electron chi connectivity index (χ1n) is 9.68. The van der Waals surface area contributed by atoms with Gasteiger partial charge in [0.25, 0.3) is 0 Å². The maximum absolute atomic E-state index is 2.43. The van der Waals surface area contributed by atoms with Gasteiger partial charge in [0.15, 0.2) is 0 Å². The van der Waals surface area contributed by atoms with Crippen molar-refractivity contribution in [2.75, 3.05) is 5.75 Å². The quantitative estimate of drug-likeness (QED) is 0.422. The van der Waals surface area contributed by atoms with Crippen LogP contribution in [-0.4, -0.2) is 5.75 Å². The Morgan fingerprint density at radius 1 is 0.667 bits per heavy atom. The summed E-state index contributed by atoms with van der Waals surface area (Å²) in [5, 5.41) is 0. The highest BCUT2D eigenvalue weighted by molar-refractivity contribution is 7.98. The van der Waals surface area contributed by atoms with Gasteiger partial charge < -0.3 is 0 Å². The lowest BCUT2D eigenvalue weighted by Gasteiger charge is -2.45. The van der Waals surface area contributed by atoms with E-state index in [-0.39, 0.29) is 10.8 Å². The highest BCUT2D eigenvalue weighted by Crippen LogP contribution is 2.46. The summed E-state index contributed by atoms with van der Waals surface area (Å²) in [6.45, 7) is 9.42. The number of thioether (sulfide) groups is 1. The van der Waals surface area contributed by atoms with E-state index in [0.717, 1.165) is 11.5 Å². The van der Waals surface area contributed by atoms with Crippen molar-refractivity contribution in [1.82, 2.24) is 0 Å². The van der Waals surface area contributed by atoms with E-state index in [1.165, 1.54) is 22.3 Å². The molecule has 0 radical (unpaired) electrons. The molecule has 140 valence electrons. The summed E-state index contributed by atoms with van der Waals surface area (Å²) in [5.74, 6) is 2.13. The van der Waals surface area contributed by atoms with Crippen molar-refractivity contribution < 1.29 is 0 Å². The van der Waals surface area contributed by atoms with Crippen LogP contribution in [0.2, 0.25) is 0 Å². The van der Waals surface area contributed by atoms with Crippen LogP contribution in [-0.2, 0) is 16.6 Å². The Morgan fingerprint density at radius 3 is 1.78 bits per heavy atom. The van der Waals surface area contributed by atoms with Crippen LogP contribution in [0, 0.1) is 6.92 Å². The summed E-state index contributed by atoms with van der Waals surface area (Å²) in [6, 6.07) is 30.7. The second kappa shape index (κ2) is 8.35. The molecule has 0 saturated heterocycles. The van der Waals surface area contributed by atoms with Crippen molar-refractivity contribution in [3.63, 3.8) is 0 Å². The zero-order valence-corrected chi connectivity index (χ0v) is 17.7. The van der Waals surface area contributed by atoms with E-state index in [1.54, 1.807) is 0 Å². The van der Waals surface area contributed by atoms with E-state index in [9.17, 15) is 0 Å². The second-order valence-electron chi connectivity index (χ2n) is 8.11. The minimum Gasteiger partial charge on any atom is -0.156 e. The number of rotatable bonds is 7. The van der Waals surface area contributed by atoms with E-state index in [2.05, 4.69) is 113 Å². The van der Waals surface area contributed by atoms with Crippen molar-refractivity contribution >= 4 is 11.8 Å². The minimum absolute atomic E-state index is 0.0222. The normalized spacial score (nSPS) is 13.9. The molecule has 1 heteroatoms. The Balaban J connectivity index is 1.90. The largest absolute Gasteiger partial charge is 0.156 e. The standard InChI is InChI=1S/C26H30S/c1-21-13-11-12-14-22(21)19-27-20-26(4,24-17-9-6-10-18-24)25(2,3)23-15-7-5-8-16-23/h5-18H,19-20H2,1-4H3. The van der Waals surface area contributed by atoms with Crippen LogP contribution >= 0.6 is 11.8 Å². The average Bonchev–Trinajstić information content (AvgIpc) is 2.70. The molecule has 0 aliphatic rings. The summed E-state index contributed by atoms with van der Waals surface area (Å²) < 4.78 is 0. The fourth-order valence-corrected chi connectivity index (χ4v) is 5.32. The molecule has 0 nitrogen and oxygen atoms in total. The molecule has 3 rings (SSSR count).